The highest BCUT2D eigenvalue weighted by molar-refractivity contribution is 6.13. The van der Waals surface area contributed by atoms with Crippen molar-refractivity contribution in [3.8, 4) is 44.6 Å². The highest BCUT2D eigenvalue weighted by Crippen LogP contribution is 2.42. The Kier molecular flexibility index (Phi) is 6.89. The molecule has 0 saturated heterocycles. The van der Waals surface area contributed by atoms with Crippen LogP contribution in [0, 0.1) is 18.6 Å². The molecule has 0 bridgehead atoms. The number of halogens is 2. The molecule has 0 aliphatic rings. The summed E-state index contributed by atoms with van der Waals surface area (Å²) in [4.78, 5) is 0. The van der Waals surface area contributed by atoms with Crippen molar-refractivity contribution >= 4 is 21.9 Å². The first-order valence-corrected chi connectivity index (χ1v) is 15.2. The predicted octanol–water partition coefficient (Wildman–Crippen LogP) is 11.0. The van der Waals surface area contributed by atoms with E-state index in [9.17, 15) is 0 Å². The van der Waals surface area contributed by atoms with E-state index in [1.165, 1.54) is 11.6 Å². The van der Waals surface area contributed by atoms with Crippen molar-refractivity contribution in [1.82, 2.24) is 0 Å². The molecule has 2 aromatic heterocycles. The summed E-state index contributed by atoms with van der Waals surface area (Å²) in [7, 11) is 1.92. The number of furan rings is 1. The molecule has 45 heavy (non-hydrogen) atoms. The number of rotatable bonds is 4. The molecule has 0 aliphatic carbocycles. The lowest BCUT2D eigenvalue weighted by molar-refractivity contribution is -0.661. The highest BCUT2D eigenvalue weighted by atomic mass is 19.1. The fourth-order valence-electron chi connectivity index (χ4n) is 6.31. The minimum Gasteiger partial charge on any atom is -0.454 e. The molecule has 0 spiro atoms. The summed E-state index contributed by atoms with van der Waals surface area (Å²) in [5.41, 5.74) is 9.45. The summed E-state index contributed by atoms with van der Waals surface area (Å²) in [6, 6.07) is 35.5. The summed E-state index contributed by atoms with van der Waals surface area (Å²) < 4.78 is 39.6. The zero-order valence-corrected chi connectivity index (χ0v) is 26.1. The van der Waals surface area contributed by atoms with Crippen LogP contribution >= 0.6 is 0 Å². The third-order valence-corrected chi connectivity index (χ3v) is 8.75. The molecule has 0 amide bonds. The minimum absolute atomic E-state index is 0.260. The first-order chi connectivity index (χ1) is 21.6. The molecule has 0 fully saturated rings. The second kappa shape index (κ2) is 10.8. The molecule has 2 nitrogen and oxygen atoms in total. The third-order valence-electron chi connectivity index (χ3n) is 8.75. The lowest BCUT2D eigenvalue weighted by Crippen LogP contribution is -2.34. The van der Waals surface area contributed by atoms with Crippen molar-refractivity contribution in [1.29, 1.82) is 0 Å². The summed E-state index contributed by atoms with van der Waals surface area (Å²) in [5.74, 6) is -0.615. The number of hydrogen-bond acceptors (Lipinski definition) is 1. The predicted molar refractivity (Wildman–Crippen MR) is 180 cm³/mol. The van der Waals surface area contributed by atoms with E-state index in [-0.39, 0.29) is 17.0 Å². The van der Waals surface area contributed by atoms with E-state index in [4.69, 9.17) is 4.42 Å². The smallest absolute Gasteiger partial charge is 0.219 e. The molecule has 0 aliphatic heterocycles. The van der Waals surface area contributed by atoms with Crippen LogP contribution in [0.15, 0.2) is 120 Å². The maximum atomic E-state index is 15.6. The van der Waals surface area contributed by atoms with Crippen molar-refractivity contribution in [3.05, 3.63) is 138 Å². The van der Waals surface area contributed by atoms with Crippen LogP contribution in [-0.4, -0.2) is 0 Å². The number of aryl methyl sites for hydroxylation is 2. The van der Waals surface area contributed by atoms with Gasteiger partial charge in [0.25, 0.3) is 0 Å². The quantitative estimate of drug-likeness (QED) is 0.185. The lowest BCUT2D eigenvalue weighted by atomic mass is 9.87. The van der Waals surface area contributed by atoms with Crippen molar-refractivity contribution < 1.29 is 17.8 Å². The zero-order valence-electron chi connectivity index (χ0n) is 26.1. The van der Waals surface area contributed by atoms with Crippen LogP contribution in [0.2, 0.25) is 0 Å². The van der Waals surface area contributed by atoms with Crippen LogP contribution in [0.3, 0.4) is 0 Å². The molecular formula is C41H34F2NO+. The van der Waals surface area contributed by atoms with Gasteiger partial charge in [0.2, 0.25) is 5.69 Å². The Morgan fingerprint density at radius 1 is 0.578 bits per heavy atom. The zero-order chi connectivity index (χ0) is 31.5. The van der Waals surface area contributed by atoms with E-state index in [2.05, 4.69) is 36.4 Å². The molecule has 0 N–H and O–H groups in total. The first-order valence-electron chi connectivity index (χ1n) is 15.2. The third kappa shape index (κ3) is 5.01. The Labute approximate surface area is 262 Å². The summed E-state index contributed by atoms with van der Waals surface area (Å²) >= 11 is 0. The van der Waals surface area contributed by atoms with Gasteiger partial charge in [-0.1, -0.05) is 112 Å². The van der Waals surface area contributed by atoms with Crippen molar-refractivity contribution in [2.24, 2.45) is 7.05 Å². The average molecular weight is 595 g/mol. The first kappa shape index (κ1) is 28.7. The molecular weight excluding hydrogens is 560 g/mol. The van der Waals surface area contributed by atoms with Gasteiger partial charge in [-0.15, -0.1) is 0 Å². The van der Waals surface area contributed by atoms with Gasteiger partial charge in [-0.05, 0) is 57.9 Å². The second-order valence-electron chi connectivity index (χ2n) is 12.8. The highest BCUT2D eigenvalue weighted by Gasteiger charge is 2.28. The molecule has 0 radical (unpaired) electrons. The molecule has 5 aromatic carbocycles. The molecule has 222 valence electrons. The van der Waals surface area contributed by atoms with Crippen LogP contribution < -0.4 is 4.57 Å². The Balaban J connectivity index is 1.32. The van der Waals surface area contributed by atoms with Crippen LogP contribution in [0.4, 0.5) is 8.78 Å². The average Bonchev–Trinajstić information content (AvgIpc) is 3.40. The molecule has 2 heterocycles. The topological polar surface area (TPSA) is 17.0 Å². The maximum Gasteiger partial charge on any atom is 0.219 e. The van der Waals surface area contributed by atoms with Gasteiger partial charge in [-0.3, -0.25) is 0 Å². The molecule has 0 unspecified atom stereocenters. The maximum absolute atomic E-state index is 15.6. The van der Waals surface area contributed by atoms with Gasteiger partial charge in [0.1, 0.15) is 29.8 Å². The Bertz CT molecular complexity index is 2210. The van der Waals surface area contributed by atoms with Gasteiger partial charge in [0.15, 0.2) is 6.20 Å². The van der Waals surface area contributed by atoms with Gasteiger partial charge in [0, 0.05) is 16.8 Å². The van der Waals surface area contributed by atoms with Crippen LogP contribution in [0.25, 0.3) is 66.6 Å². The molecule has 7 aromatic rings. The van der Waals surface area contributed by atoms with Crippen LogP contribution in [-0.2, 0) is 12.5 Å². The van der Waals surface area contributed by atoms with E-state index < -0.39 is 0 Å². The summed E-state index contributed by atoms with van der Waals surface area (Å²) in [6.45, 7) is 7.99. The minimum atomic E-state index is -0.356. The van der Waals surface area contributed by atoms with Crippen LogP contribution in [0.5, 0.6) is 0 Å². The molecule has 7 rings (SSSR count). The molecule has 0 saturated carbocycles. The van der Waals surface area contributed by atoms with E-state index in [0.717, 1.165) is 44.2 Å². The van der Waals surface area contributed by atoms with Gasteiger partial charge in [-0.25, -0.2) is 13.3 Å². The van der Waals surface area contributed by atoms with Crippen molar-refractivity contribution in [2.75, 3.05) is 0 Å². The summed E-state index contributed by atoms with van der Waals surface area (Å²) in [6.07, 6.45) is 1.85. The van der Waals surface area contributed by atoms with E-state index in [1.54, 1.807) is 12.1 Å². The Hall–Kier alpha value is -5.09. The number of pyridine rings is 1. The lowest BCUT2D eigenvalue weighted by Gasteiger charge is -2.18. The van der Waals surface area contributed by atoms with Gasteiger partial charge < -0.3 is 4.42 Å². The fraction of sp³-hybridized carbons (Fsp3) is 0.146. The van der Waals surface area contributed by atoms with E-state index in [0.29, 0.717) is 28.0 Å². The molecule has 0 atom stereocenters. The number of nitrogens with zero attached hydrogens (tertiary/aromatic N) is 1. The van der Waals surface area contributed by atoms with Gasteiger partial charge in [0.05, 0.1) is 16.7 Å². The number of benzene rings is 5. The number of aromatic nitrogens is 1. The second-order valence-corrected chi connectivity index (χ2v) is 12.8. The van der Waals surface area contributed by atoms with Crippen LogP contribution in [0.1, 0.15) is 31.9 Å². The Morgan fingerprint density at radius 3 is 1.67 bits per heavy atom. The monoisotopic (exact) mass is 594 g/mol. The normalized spacial score (nSPS) is 11.9. The van der Waals surface area contributed by atoms with E-state index in [1.807, 2.05) is 100 Å². The van der Waals surface area contributed by atoms with E-state index >= 15 is 8.78 Å². The van der Waals surface area contributed by atoms with Crippen molar-refractivity contribution in [2.45, 2.75) is 33.1 Å². The van der Waals surface area contributed by atoms with Crippen molar-refractivity contribution in [3.63, 3.8) is 0 Å². The Morgan fingerprint density at radius 2 is 1.09 bits per heavy atom. The largest absolute Gasteiger partial charge is 0.454 e. The van der Waals surface area contributed by atoms with Gasteiger partial charge >= 0.3 is 0 Å². The number of hydrogen-bond donors (Lipinski definition) is 0. The number of fused-ring (bicyclic) bond motifs is 3. The summed E-state index contributed by atoms with van der Waals surface area (Å²) in [5, 5.41) is 1.68. The standard InChI is InChI=1S/C41H34F2NO/c1-25-11-20-31-32-21-22-34(42)38(40(32)45-39(31)37(25)36-23-35(43)33(24-44(36)5)41(2,3)4)30-18-16-29(17-19-30)28-14-12-27(13-15-28)26-9-7-6-8-10-26/h6-24H,1-5H3/q+1. The van der Waals surface area contributed by atoms with Gasteiger partial charge in [-0.2, -0.15) is 0 Å². The fourth-order valence-corrected chi connectivity index (χ4v) is 6.31. The SMILES string of the molecule is Cc1ccc2c(oc3c(-c4ccc(-c5ccc(-c6ccccc6)cc5)cc4)c(F)ccc32)c1-c1cc(F)c(C(C)(C)C)c[n+]1C. The molecule has 4 heteroatoms.